The lowest BCUT2D eigenvalue weighted by atomic mass is 10.0. The summed E-state index contributed by atoms with van der Waals surface area (Å²) in [6.45, 7) is 4.81. The van der Waals surface area contributed by atoms with Crippen molar-refractivity contribution in [1.29, 1.82) is 0 Å². The highest BCUT2D eigenvalue weighted by molar-refractivity contribution is 6.21. The number of alkyl halides is 1. The van der Waals surface area contributed by atoms with E-state index in [1.165, 1.54) is 5.56 Å². The van der Waals surface area contributed by atoms with Crippen molar-refractivity contribution in [3.63, 3.8) is 0 Å². The molecule has 1 aromatic rings. The highest BCUT2D eigenvalue weighted by Crippen LogP contribution is 2.33. The van der Waals surface area contributed by atoms with Gasteiger partial charge in [-0.15, -0.1) is 11.6 Å². The number of hydrogen-bond donors (Lipinski definition) is 1. The van der Waals surface area contributed by atoms with Gasteiger partial charge in [0, 0.05) is 12.2 Å². The predicted octanol–water partition coefficient (Wildman–Crippen LogP) is 3.45. The fourth-order valence-electron chi connectivity index (χ4n) is 1.63. The first-order chi connectivity index (χ1) is 7.69. The van der Waals surface area contributed by atoms with E-state index in [1.807, 2.05) is 26.0 Å². The topological polar surface area (TPSA) is 29.5 Å². The third-order valence-corrected chi connectivity index (χ3v) is 2.87. The van der Waals surface area contributed by atoms with Crippen LogP contribution in [0.2, 0.25) is 0 Å². The number of benzene rings is 1. The van der Waals surface area contributed by atoms with Crippen LogP contribution in [0.5, 0.6) is 5.75 Å². The second kappa shape index (κ2) is 6.77. The van der Waals surface area contributed by atoms with Crippen molar-refractivity contribution in [1.82, 2.24) is 0 Å². The number of hydrogen-bond acceptors (Lipinski definition) is 2. The monoisotopic (exact) mass is 242 g/mol. The first kappa shape index (κ1) is 13.3. The van der Waals surface area contributed by atoms with Gasteiger partial charge in [-0.05, 0) is 32.8 Å². The van der Waals surface area contributed by atoms with Crippen LogP contribution in [0.3, 0.4) is 0 Å². The first-order valence-corrected chi connectivity index (χ1v) is 6.11. The van der Waals surface area contributed by atoms with Gasteiger partial charge in [0.2, 0.25) is 0 Å². The molecule has 0 aromatic heterocycles. The van der Waals surface area contributed by atoms with E-state index >= 15 is 0 Å². The van der Waals surface area contributed by atoms with Crippen molar-refractivity contribution in [2.45, 2.75) is 32.1 Å². The number of aliphatic hydroxyl groups is 1. The summed E-state index contributed by atoms with van der Waals surface area (Å²) in [5.41, 5.74) is 2.20. The zero-order valence-corrected chi connectivity index (χ0v) is 10.6. The highest BCUT2D eigenvalue weighted by atomic mass is 35.5. The second-order valence-corrected chi connectivity index (χ2v) is 4.33. The smallest absolute Gasteiger partial charge is 0.123 e. The molecule has 0 aliphatic heterocycles. The summed E-state index contributed by atoms with van der Waals surface area (Å²) in [5.74, 6) is 0.853. The number of rotatable bonds is 6. The minimum absolute atomic E-state index is 0.0893. The van der Waals surface area contributed by atoms with Crippen LogP contribution in [0.4, 0.5) is 0 Å². The minimum Gasteiger partial charge on any atom is -0.494 e. The summed E-state index contributed by atoms with van der Waals surface area (Å²) in [6, 6.07) is 6.03. The van der Waals surface area contributed by atoms with Crippen molar-refractivity contribution in [2.24, 2.45) is 0 Å². The molecule has 1 rings (SSSR count). The van der Waals surface area contributed by atoms with E-state index in [0.717, 1.165) is 17.7 Å². The lowest BCUT2D eigenvalue weighted by Gasteiger charge is -2.15. The molecule has 1 atom stereocenters. The number of aryl methyl sites for hydroxylation is 1. The largest absolute Gasteiger partial charge is 0.494 e. The Morgan fingerprint density at radius 2 is 2.19 bits per heavy atom. The third kappa shape index (κ3) is 3.69. The van der Waals surface area contributed by atoms with E-state index in [0.29, 0.717) is 13.0 Å². The van der Waals surface area contributed by atoms with Crippen LogP contribution in [0.15, 0.2) is 18.2 Å². The fourth-order valence-corrected chi connectivity index (χ4v) is 1.95. The van der Waals surface area contributed by atoms with Gasteiger partial charge >= 0.3 is 0 Å². The van der Waals surface area contributed by atoms with Crippen molar-refractivity contribution < 1.29 is 9.84 Å². The molecule has 1 unspecified atom stereocenters. The van der Waals surface area contributed by atoms with Gasteiger partial charge in [0.05, 0.1) is 12.0 Å². The van der Waals surface area contributed by atoms with Gasteiger partial charge < -0.3 is 9.84 Å². The van der Waals surface area contributed by atoms with Gasteiger partial charge in [-0.1, -0.05) is 17.7 Å². The lowest BCUT2D eigenvalue weighted by molar-refractivity contribution is 0.283. The molecule has 0 saturated heterocycles. The third-order valence-electron chi connectivity index (χ3n) is 2.42. The Morgan fingerprint density at radius 1 is 1.44 bits per heavy atom. The summed E-state index contributed by atoms with van der Waals surface area (Å²) in [4.78, 5) is 0. The van der Waals surface area contributed by atoms with E-state index in [9.17, 15) is 0 Å². The van der Waals surface area contributed by atoms with Crippen LogP contribution in [0, 0.1) is 6.92 Å². The minimum atomic E-state index is -0.0893. The summed E-state index contributed by atoms with van der Waals surface area (Å²) >= 11 is 6.31. The maximum Gasteiger partial charge on any atom is 0.123 e. The van der Waals surface area contributed by atoms with Gasteiger partial charge in [0.15, 0.2) is 0 Å². The van der Waals surface area contributed by atoms with Crippen molar-refractivity contribution in [3.8, 4) is 5.75 Å². The number of ether oxygens (including phenoxy) is 1. The predicted molar refractivity (Wildman–Crippen MR) is 67.3 cm³/mol. The lowest BCUT2D eigenvalue weighted by Crippen LogP contribution is -2.00. The number of aliphatic hydroxyl groups excluding tert-OH is 1. The molecule has 16 heavy (non-hydrogen) atoms. The Kier molecular flexibility index (Phi) is 5.64. The highest BCUT2D eigenvalue weighted by Gasteiger charge is 2.13. The molecule has 0 spiro atoms. The van der Waals surface area contributed by atoms with Crippen LogP contribution in [0.1, 0.15) is 36.3 Å². The first-order valence-electron chi connectivity index (χ1n) is 5.67. The van der Waals surface area contributed by atoms with E-state index in [-0.39, 0.29) is 12.0 Å². The average Bonchev–Trinajstić information content (AvgIpc) is 2.28. The van der Waals surface area contributed by atoms with E-state index in [2.05, 4.69) is 6.07 Å². The molecule has 3 heteroatoms. The SMILES string of the molecule is CCOc1ccc(C)cc1C(Cl)CCCO. The van der Waals surface area contributed by atoms with Gasteiger partial charge in [0.1, 0.15) is 5.75 Å². The summed E-state index contributed by atoms with van der Waals surface area (Å²) in [7, 11) is 0. The zero-order valence-electron chi connectivity index (χ0n) is 9.87. The molecule has 0 heterocycles. The Labute approximate surface area is 102 Å². The van der Waals surface area contributed by atoms with Crippen LogP contribution < -0.4 is 4.74 Å². The molecule has 1 N–H and O–H groups in total. The average molecular weight is 243 g/mol. The standard InChI is InChI=1S/C13H19ClO2/c1-3-16-13-7-6-10(2)9-11(13)12(14)5-4-8-15/h6-7,9,12,15H,3-5,8H2,1-2H3. The van der Waals surface area contributed by atoms with Crippen LogP contribution >= 0.6 is 11.6 Å². The zero-order chi connectivity index (χ0) is 12.0. The van der Waals surface area contributed by atoms with E-state index < -0.39 is 0 Å². The molecule has 0 fully saturated rings. The molecule has 0 bridgehead atoms. The molecule has 0 aliphatic carbocycles. The molecule has 0 radical (unpaired) electrons. The Bertz CT molecular complexity index is 326. The Morgan fingerprint density at radius 3 is 2.81 bits per heavy atom. The van der Waals surface area contributed by atoms with Crippen molar-refractivity contribution in [2.75, 3.05) is 13.2 Å². The van der Waals surface area contributed by atoms with Gasteiger partial charge in [-0.2, -0.15) is 0 Å². The second-order valence-electron chi connectivity index (χ2n) is 3.81. The quantitative estimate of drug-likeness (QED) is 0.775. The van der Waals surface area contributed by atoms with Gasteiger partial charge in [-0.25, -0.2) is 0 Å². The normalized spacial score (nSPS) is 12.5. The molecule has 0 aliphatic rings. The van der Waals surface area contributed by atoms with E-state index in [4.69, 9.17) is 21.4 Å². The van der Waals surface area contributed by atoms with E-state index in [1.54, 1.807) is 0 Å². The summed E-state index contributed by atoms with van der Waals surface area (Å²) in [5, 5.41) is 8.71. The molecule has 0 saturated carbocycles. The van der Waals surface area contributed by atoms with Gasteiger partial charge in [0.25, 0.3) is 0 Å². The Hall–Kier alpha value is -0.730. The molecule has 0 amide bonds. The fraction of sp³-hybridized carbons (Fsp3) is 0.538. The molecular formula is C13H19ClO2. The molecule has 1 aromatic carbocycles. The van der Waals surface area contributed by atoms with Crippen molar-refractivity contribution >= 4 is 11.6 Å². The maximum absolute atomic E-state index is 8.80. The summed E-state index contributed by atoms with van der Waals surface area (Å²) < 4.78 is 5.55. The van der Waals surface area contributed by atoms with Crippen molar-refractivity contribution in [3.05, 3.63) is 29.3 Å². The van der Waals surface area contributed by atoms with Crippen LogP contribution in [0.25, 0.3) is 0 Å². The molecular weight excluding hydrogens is 224 g/mol. The summed E-state index contributed by atoms with van der Waals surface area (Å²) in [6.07, 6.45) is 1.48. The molecule has 2 nitrogen and oxygen atoms in total. The van der Waals surface area contributed by atoms with Crippen LogP contribution in [-0.4, -0.2) is 18.3 Å². The Balaban J connectivity index is 2.85. The number of halogens is 1. The molecule has 90 valence electrons. The van der Waals surface area contributed by atoms with Crippen LogP contribution in [-0.2, 0) is 0 Å². The maximum atomic E-state index is 8.80. The van der Waals surface area contributed by atoms with Gasteiger partial charge in [-0.3, -0.25) is 0 Å².